The fraction of sp³-hybridized carbons (Fsp3) is 0.536. The molecular weight excluding hydrogens is 410 g/mol. The summed E-state index contributed by atoms with van der Waals surface area (Å²) in [6.45, 7) is 8.57. The average Bonchev–Trinajstić information content (AvgIpc) is 3.07. The van der Waals surface area contributed by atoms with Gasteiger partial charge in [0.2, 0.25) is 0 Å². The van der Waals surface area contributed by atoms with Crippen LogP contribution in [0.5, 0.6) is 0 Å². The molecule has 4 rings (SSSR count). The van der Waals surface area contributed by atoms with Gasteiger partial charge in [-0.1, -0.05) is 50.1 Å². The molecule has 2 saturated heterocycles. The van der Waals surface area contributed by atoms with Crippen LogP contribution in [0, 0.1) is 5.41 Å². The molecule has 5 nitrogen and oxygen atoms in total. The fourth-order valence-corrected chi connectivity index (χ4v) is 5.85. The van der Waals surface area contributed by atoms with E-state index in [0.717, 1.165) is 38.2 Å². The third-order valence-corrected chi connectivity index (χ3v) is 7.83. The van der Waals surface area contributed by atoms with E-state index in [4.69, 9.17) is 10.5 Å². The van der Waals surface area contributed by atoms with Crippen LogP contribution in [-0.2, 0) is 10.3 Å². The molecule has 0 aliphatic carbocycles. The summed E-state index contributed by atoms with van der Waals surface area (Å²) in [4.78, 5) is 18.6. The van der Waals surface area contributed by atoms with Crippen molar-refractivity contribution >= 4 is 11.7 Å². The predicted molar refractivity (Wildman–Crippen MR) is 134 cm³/mol. The molecule has 5 heteroatoms. The highest BCUT2D eigenvalue weighted by Gasteiger charge is 2.57. The lowest BCUT2D eigenvalue weighted by Crippen LogP contribution is -2.63. The van der Waals surface area contributed by atoms with Gasteiger partial charge in [0, 0.05) is 36.7 Å². The number of rotatable bonds is 5. The van der Waals surface area contributed by atoms with Gasteiger partial charge in [-0.3, -0.25) is 0 Å². The van der Waals surface area contributed by atoms with Crippen molar-refractivity contribution in [2.75, 3.05) is 39.0 Å². The maximum Gasteiger partial charge on any atom is 0.339 e. The van der Waals surface area contributed by atoms with E-state index in [2.05, 4.69) is 55.0 Å². The first-order valence-electron chi connectivity index (χ1n) is 12.4. The van der Waals surface area contributed by atoms with Gasteiger partial charge in [-0.2, -0.15) is 0 Å². The van der Waals surface area contributed by atoms with Crippen molar-refractivity contribution in [2.24, 2.45) is 5.41 Å². The van der Waals surface area contributed by atoms with Gasteiger partial charge in [0.15, 0.2) is 0 Å². The van der Waals surface area contributed by atoms with Crippen LogP contribution < -0.4 is 5.73 Å². The number of nitrogens with zero attached hydrogens (tertiary/aromatic N) is 2. The lowest BCUT2D eigenvalue weighted by Gasteiger charge is -2.57. The standard InChI is InChI=1S/C28H39N3O2/c1-22-19-28(24-11-7-6-8-12-24,33-26(32)23-13-15-25(29)16-14-23)27(2,20-30(22)3)21-31-17-9-4-5-10-18-31/h6-8,11-16,22H,4-5,9-10,17-21,29H2,1-3H3. The molecule has 0 aromatic heterocycles. The Hall–Kier alpha value is -2.37. The van der Waals surface area contributed by atoms with Gasteiger partial charge >= 0.3 is 5.97 Å². The molecule has 2 aromatic carbocycles. The number of hydrogen-bond donors (Lipinski definition) is 1. The van der Waals surface area contributed by atoms with E-state index >= 15 is 0 Å². The van der Waals surface area contributed by atoms with E-state index in [-0.39, 0.29) is 11.4 Å². The number of carbonyl (C=O) groups excluding carboxylic acids is 1. The number of anilines is 1. The van der Waals surface area contributed by atoms with E-state index in [9.17, 15) is 4.79 Å². The molecule has 0 saturated carbocycles. The van der Waals surface area contributed by atoms with Crippen molar-refractivity contribution in [1.82, 2.24) is 9.80 Å². The summed E-state index contributed by atoms with van der Waals surface area (Å²) < 4.78 is 6.67. The molecule has 0 spiro atoms. The quantitative estimate of drug-likeness (QED) is 0.518. The van der Waals surface area contributed by atoms with Gasteiger partial charge in [0.05, 0.1) is 5.56 Å². The minimum atomic E-state index is -0.717. The second-order valence-electron chi connectivity index (χ2n) is 10.4. The summed E-state index contributed by atoms with van der Waals surface area (Å²) >= 11 is 0. The highest BCUT2D eigenvalue weighted by atomic mass is 16.6. The minimum absolute atomic E-state index is 0.260. The van der Waals surface area contributed by atoms with E-state index in [0.29, 0.717) is 17.3 Å². The molecule has 0 radical (unpaired) electrons. The molecule has 2 N–H and O–H groups in total. The molecule has 3 unspecified atom stereocenters. The predicted octanol–water partition coefficient (Wildman–Crippen LogP) is 4.93. The Morgan fingerprint density at radius 2 is 1.67 bits per heavy atom. The van der Waals surface area contributed by atoms with Crippen LogP contribution in [0.2, 0.25) is 0 Å². The summed E-state index contributed by atoms with van der Waals surface area (Å²) in [7, 11) is 2.20. The Morgan fingerprint density at radius 3 is 2.30 bits per heavy atom. The first kappa shape index (κ1) is 23.8. The zero-order valence-corrected chi connectivity index (χ0v) is 20.4. The van der Waals surface area contributed by atoms with Crippen molar-refractivity contribution in [3.63, 3.8) is 0 Å². The molecule has 3 atom stereocenters. The monoisotopic (exact) mass is 449 g/mol. The maximum atomic E-state index is 13.5. The first-order valence-corrected chi connectivity index (χ1v) is 12.4. The number of likely N-dealkylation sites (tertiary alicyclic amines) is 2. The lowest BCUT2D eigenvalue weighted by atomic mass is 9.63. The van der Waals surface area contributed by atoms with Crippen LogP contribution in [0.3, 0.4) is 0 Å². The van der Waals surface area contributed by atoms with E-state index in [1.807, 2.05) is 6.07 Å². The summed E-state index contributed by atoms with van der Waals surface area (Å²) in [6, 6.07) is 17.8. The number of hydrogen-bond acceptors (Lipinski definition) is 5. The first-order chi connectivity index (χ1) is 15.8. The molecule has 0 amide bonds. The number of carbonyl (C=O) groups is 1. The van der Waals surface area contributed by atoms with Gasteiger partial charge in [-0.05, 0) is 69.7 Å². The zero-order valence-electron chi connectivity index (χ0n) is 20.4. The summed E-state index contributed by atoms with van der Waals surface area (Å²) in [5, 5.41) is 0. The topological polar surface area (TPSA) is 58.8 Å². The highest BCUT2D eigenvalue weighted by Crippen LogP contribution is 2.51. The van der Waals surface area contributed by atoms with Crippen LogP contribution in [0.15, 0.2) is 54.6 Å². The van der Waals surface area contributed by atoms with E-state index < -0.39 is 5.60 Å². The van der Waals surface area contributed by atoms with Gasteiger partial charge in [-0.15, -0.1) is 0 Å². The third kappa shape index (κ3) is 4.95. The second-order valence-corrected chi connectivity index (χ2v) is 10.4. The van der Waals surface area contributed by atoms with Crippen molar-refractivity contribution in [1.29, 1.82) is 0 Å². The normalized spacial score (nSPS) is 29.4. The number of piperidine rings is 1. The molecule has 33 heavy (non-hydrogen) atoms. The summed E-state index contributed by atoms with van der Waals surface area (Å²) in [5.74, 6) is -0.280. The summed E-state index contributed by atoms with van der Waals surface area (Å²) in [5.41, 5.74) is 7.16. The molecule has 0 bridgehead atoms. The number of benzene rings is 2. The molecule has 2 heterocycles. The Morgan fingerprint density at radius 1 is 1.03 bits per heavy atom. The van der Waals surface area contributed by atoms with Gasteiger partial charge in [0.25, 0.3) is 0 Å². The highest BCUT2D eigenvalue weighted by molar-refractivity contribution is 5.90. The smallest absolute Gasteiger partial charge is 0.339 e. The number of ether oxygens (including phenoxy) is 1. The summed E-state index contributed by atoms with van der Waals surface area (Å²) in [6.07, 6.45) is 5.86. The average molecular weight is 450 g/mol. The van der Waals surface area contributed by atoms with Gasteiger partial charge in [0.1, 0.15) is 5.60 Å². The van der Waals surface area contributed by atoms with Crippen LogP contribution >= 0.6 is 0 Å². The Balaban J connectivity index is 1.76. The van der Waals surface area contributed by atoms with Crippen LogP contribution in [0.1, 0.15) is 61.9 Å². The van der Waals surface area contributed by atoms with Crippen molar-refractivity contribution in [2.45, 2.75) is 57.6 Å². The van der Waals surface area contributed by atoms with E-state index in [1.165, 1.54) is 25.7 Å². The molecule has 2 aliphatic heterocycles. The lowest BCUT2D eigenvalue weighted by molar-refractivity contribution is -0.159. The molecule has 2 fully saturated rings. The zero-order chi connectivity index (χ0) is 23.5. The largest absolute Gasteiger partial charge is 0.450 e. The minimum Gasteiger partial charge on any atom is -0.450 e. The van der Waals surface area contributed by atoms with Gasteiger partial charge in [-0.25, -0.2) is 4.79 Å². The number of esters is 1. The van der Waals surface area contributed by atoms with Crippen molar-refractivity contribution in [3.05, 3.63) is 65.7 Å². The molecule has 2 aromatic rings. The molecule has 2 aliphatic rings. The molecule has 178 valence electrons. The number of nitrogen functional groups attached to an aromatic ring is 1. The van der Waals surface area contributed by atoms with Gasteiger partial charge < -0.3 is 20.3 Å². The number of nitrogens with two attached hydrogens (primary N) is 1. The van der Waals surface area contributed by atoms with Crippen molar-refractivity contribution < 1.29 is 9.53 Å². The SMILES string of the molecule is CC1CC(OC(=O)c2ccc(N)cc2)(c2ccccc2)C(C)(CN2CCCCCC2)CN1C. The third-order valence-electron chi connectivity index (χ3n) is 7.83. The molecular formula is C28H39N3O2. The van der Waals surface area contributed by atoms with Crippen molar-refractivity contribution in [3.8, 4) is 0 Å². The van der Waals surface area contributed by atoms with Crippen LogP contribution in [0.25, 0.3) is 0 Å². The Kier molecular flexibility index (Phi) is 7.10. The van der Waals surface area contributed by atoms with Crippen LogP contribution in [-0.4, -0.2) is 55.0 Å². The van der Waals surface area contributed by atoms with Crippen LogP contribution in [0.4, 0.5) is 5.69 Å². The van der Waals surface area contributed by atoms with E-state index in [1.54, 1.807) is 24.3 Å². The second kappa shape index (κ2) is 9.86. The maximum absolute atomic E-state index is 13.5. The Bertz CT molecular complexity index is 924. The Labute approximate surface area is 198 Å². The fourth-order valence-electron chi connectivity index (χ4n) is 5.85.